The Morgan fingerprint density at radius 3 is 2.35 bits per heavy atom. The minimum absolute atomic E-state index is 0.00721. The third-order valence-corrected chi connectivity index (χ3v) is 3.70. The molecule has 0 radical (unpaired) electrons. The van der Waals surface area contributed by atoms with Crippen molar-refractivity contribution in [3.05, 3.63) is 35.4 Å². The second kappa shape index (κ2) is 8.64. The zero-order chi connectivity index (χ0) is 15.0. The lowest BCUT2D eigenvalue weighted by molar-refractivity contribution is -0.174. The molecule has 114 valence electrons. The van der Waals surface area contributed by atoms with Gasteiger partial charge in [-0.1, -0.05) is 40.2 Å². The largest absolute Gasteiger partial charge is 0.411 e. The number of ether oxygens (including phenoxy) is 2. The van der Waals surface area contributed by atoms with E-state index in [1.165, 1.54) is 5.56 Å². The van der Waals surface area contributed by atoms with E-state index in [1.54, 1.807) is 7.11 Å². The van der Waals surface area contributed by atoms with E-state index in [0.717, 1.165) is 12.0 Å². The van der Waals surface area contributed by atoms with Gasteiger partial charge >= 0.3 is 6.18 Å². The summed E-state index contributed by atoms with van der Waals surface area (Å²) in [6, 6.07) is 7.93. The monoisotopic (exact) mass is 354 g/mol. The summed E-state index contributed by atoms with van der Waals surface area (Å²) < 4.78 is 45.3. The maximum atomic E-state index is 11.9. The van der Waals surface area contributed by atoms with Crippen LogP contribution in [0.1, 0.15) is 22.4 Å². The molecule has 1 rings (SSSR count). The van der Waals surface area contributed by atoms with Gasteiger partial charge in [-0.25, -0.2) is 0 Å². The van der Waals surface area contributed by atoms with E-state index < -0.39 is 12.8 Å². The first-order valence-corrected chi connectivity index (χ1v) is 7.20. The molecule has 1 atom stereocenters. The van der Waals surface area contributed by atoms with Crippen LogP contribution < -0.4 is 0 Å². The van der Waals surface area contributed by atoms with E-state index in [2.05, 4.69) is 20.7 Å². The van der Waals surface area contributed by atoms with Gasteiger partial charge in [0, 0.05) is 18.5 Å². The molecular weight excluding hydrogens is 337 g/mol. The fraction of sp³-hybridized carbons (Fsp3) is 0.571. The Balaban J connectivity index is 2.34. The molecule has 0 saturated carbocycles. The van der Waals surface area contributed by atoms with Crippen LogP contribution in [0.25, 0.3) is 0 Å². The van der Waals surface area contributed by atoms with Gasteiger partial charge in [0.15, 0.2) is 0 Å². The van der Waals surface area contributed by atoms with Crippen LogP contribution in [0.4, 0.5) is 13.2 Å². The van der Waals surface area contributed by atoms with Gasteiger partial charge in [-0.05, 0) is 24.0 Å². The molecule has 0 aliphatic rings. The van der Waals surface area contributed by atoms with Gasteiger partial charge in [-0.15, -0.1) is 0 Å². The third kappa shape index (κ3) is 7.26. The van der Waals surface area contributed by atoms with Crippen molar-refractivity contribution in [1.29, 1.82) is 0 Å². The second-order valence-corrected chi connectivity index (χ2v) is 5.51. The SMILES string of the molecule is COCCc1ccc(C(Br)CCOCC(F)(F)F)cc1. The molecule has 2 nitrogen and oxygen atoms in total. The molecule has 0 amide bonds. The number of rotatable bonds is 8. The normalized spacial score (nSPS) is 13.4. The highest BCUT2D eigenvalue weighted by atomic mass is 79.9. The van der Waals surface area contributed by atoms with Gasteiger partial charge in [-0.2, -0.15) is 13.2 Å². The van der Waals surface area contributed by atoms with Crippen LogP contribution in [0.15, 0.2) is 24.3 Å². The lowest BCUT2D eigenvalue weighted by Gasteiger charge is -2.12. The highest BCUT2D eigenvalue weighted by molar-refractivity contribution is 9.09. The molecule has 20 heavy (non-hydrogen) atoms. The molecule has 0 aliphatic heterocycles. The third-order valence-electron chi connectivity index (χ3n) is 2.72. The van der Waals surface area contributed by atoms with E-state index in [0.29, 0.717) is 13.0 Å². The fourth-order valence-corrected chi connectivity index (χ4v) is 2.15. The van der Waals surface area contributed by atoms with E-state index in [1.807, 2.05) is 24.3 Å². The van der Waals surface area contributed by atoms with Gasteiger partial charge in [0.25, 0.3) is 0 Å². The Bertz CT molecular complexity index is 379. The molecule has 0 aromatic heterocycles. The van der Waals surface area contributed by atoms with Crippen LogP contribution in [-0.2, 0) is 15.9 Å². The summed E-state index contributed by atoms with van der Waals surface area (Å²) in [4.78, 5) is -0.00721. The molecule has 0 fully saturated rings. The van der Waals surface area contributed by atoms with Crippen molar-refractivity contribution >= 4 is 15.9 Å². The highest BCUT2D eigenvalue weighted by Gasteiger charge is 2.27. The molecule has 6 heteroatoms. The lowest BCUT2D eigenvalue weighted by Crippen LogP contribution is -2.17. The first-order chi connectivity index (χ1) is 9.42. The topological polar surface area (TPSA) is 18.5 Å². The van der Waals surface area contributed by atoms with Crippen LogP contribution >= 0.6 is 15.9 Å². The van der Waals surface area contributed by atoms with E-state index in [9.17, 15) is 13.2 Å². The van der Waals surface area contributed by atoms with Gasteiger partial charge in [0.2, 0.25) is 0 Å². The first-order valence-electron chi connectivity index (χ1n) is 6.28. The van der Waals surface area contributed by atoms with Crippen LogP contribution in [-0.4, -0.2) is 33.1 Å². The molecule has 0 bridgehead atoms. The molecule has 0 spiro atoms. The van der Waals surface area contributed by atoms with Crippen LogP contribution in [0, 0.1) is 0 Å². The van der Waals surface area contributed by atoms with E-state index in [-0.39, 0.29) is 11.4 Å². The standard InChI is InChI=1S/C14H18BrF3O2/c1-19-8-6-11-2-4-12(5-3-11)13(15)7-9-20-10-14(16,17)18/h2-5,13H,6-10H2,1H3. The first kappa shape index (κ1) is 17.5. The van der Waals surface area contributed by atoms with Gasteiger partial charge in [0.05, 0.1) is 6.61 Å². The molecule has 1 aromatic carbocycles. The highest BCUT2D eigenvalue weighted by Crippen LogP contribution is 2.27. The van der Waals surface area contributed by atoms with Gasteiger partial charge in [-0.3, -0.25) is 0 Å². The average molecular weight is 355 g/mol. The van der Waals surface area contributed by atoms with Crippen LogP contribution in [0.3, 0.4) is 0 Å². The summed E-state index contributed by atoms with van der Waals surface area (Å²) in [5, 5.41) is 0. The van der Waals surface area contributed by atoms with E-state index in [4.69, 9.17) is 4.74 Å². The lowest BCUT2D eigenvalue weighted by atomic mass is 10.1. The van der Waals surface area contributed by atoms with Crippen LogP contribution in [0.2, 0.25) is 0 Å². The van der Waals surface area contributed by atoms with Crippen LogP contribution in [0.5, 0.6) is 0 Å². The van der Waals surface area contributed by atoms with Crippen molar-refractivity contribution in [1.82, 2.24) is 0 Å². The zero-order valence-corrected chi connectivity index (χ0v) is 12.8. The summed E-state index contributed by atoms with van der Waals surface area (Å²) >= 11 is 3.46. The van der Waals surface area contributed by atoms with Crippen molar-refractivity contribution in [3.63, 3.8) is 0 Å². The Morgan fingerprint density at radius 2 is 1.80 bits per heavy atom. The summed E-state index contributed by atoms with van der Waals surface area (Å²) in [5.41, 5.74) is 2.20. The Labute approximate surface area is 125 Å². The number of methoxy groups -OCH3 is 1. The number of benzene rings is 1. The molecule has 1 unspecified atom stereocenters. The Morgan fingerprint density at radius 1 is 1.15 bits per heavy atom. The number of alkyl halides is 4. The van der Waals surface area contributed by atoms with E-state index >= 15 is 0 Å². The minimum atomic E-state index is -4.26. The molecular formula is C14H18BrF3O2. The van der Waals surface area contributed by atoms with Crippen molar-refractivity contribution in [2.24, 2.45) is 0 Å². The minimum Gasteiger partial charge on any atom is -0.384 e. The molecule has 1 aromatic rings. The predicted molar refractivity (Wildman–Crippen MR) is 75.2 cm³/mol. The fourth-order valence-electron chi connectivity index (χ4n) is 1.65. The summed E-state index contributed by atoms with van der Waals surface area (Å²) in [7, 11) is 1.66. The zero-order valence-electron chi connectivity index (χ0n) is 11.3. The maximum absolute atomic E-state index is 11.9. The summed E-state index contributed by atoms with van der Waals surface area (Å²) in [5.74, 6) is 0. The Kier molecular flexibility index (Phi) is 7.55. The molecule has 0 heterocycles. The quantitative estimate of drug-likeness (QED) is 0.512. The summed E-state index contributed by atoms with van der Waals surface area (Å²) in [6.45, 7) is -0.452. The Hall–Kier alpha value is -0.590. The number of hydrogen-bond acceptors (Lipinski definition) is 2. The summed E-state index contributed by atoms with van der Waals surface area (Å²) in [6.07, 6.45) is -2.92. The molecule has 0 N–H and O–H groups in total. The van der Waals surface area contributed by atoms with Crippen molar-refractivity contribution in [2.75, 3.05) is 26.9 Å². The van der Waals surface area contributed by atoms with Crippen molar-refractivity contribution in [2.45, 2.75) is 23.8 Å². The maximum Gasteiger partial charge on any atom is 0.411 e. The molecule has 0 aliphatic carbocycles. The average Bonchev–Trinajstić information content (AvgIpc) is 2.40. The van der Waals surface area contributed by atoms with Crippen molar-refractivity contribution < 1.29 is 22.6 Å². The van der Waals surface area contributed by atoms with Gasteiger partial charge < -0.3 is 9.47 Å². The molecule has 0 saturated heterocycles. The van der Waals surface area contributed by atoms with Gasteiger partial charge in [0.1, 0.15) is 6.61 Å². The van der Waals surface area contributed by atoms with Crippen molar-refractivity contribution in [3.8, 4) is 0 Å². The smallest absolute Gasteiger partial charge is 0.384 e. The second-order valence-electron chi connectivity index (χ2n) is 4.41. The number of hydrogen-bond donors (Lipinski definition) is 0. The predicted octanol–water partition coefficient (Wildman–Crippen LogP) is 4.28. The number of halogens is 4.